The van der Waals surface area contributed by atoms with Gasteiger partial charge in [0, 0.05) is 6.61 Å². The Kier molecular flexibility index (Phi) is 9.49. The van der Waals surface area contributed by atoms with Crippen molar-refractivity contribution in [1.82, 2.24) is 0 Å². The van der Waals surface area contributed by atoms with Gasteiger partial charge in [0.1, 0.15) is 0 Å². The monoisotopic (exact) mass is 200 g/mol. The average molecular weight is 200 g/mol. The SMILES string of the molecule is CCC(C)CCCCC(C)CCCO. The fourth-order valence-corrected chi connectivity index (χ4v) is 1.77. The standard InChI is InChI=1S/C13H28O/c1-4-12(2)8-5-6-9-13(3)10-7-11-14/h12-14H,4-11H2,1-3H3. The van der Waals surface area contributed by atoms with Gasteiger partial charge in [0.2, 0.25) is 0 Å². The quantitative estimate of drug-likeness (QED) is 0.558. The fourth-order valence-electron chi connectivity index (χ4n) is 1.77. The van der Waals surface area contributed by atoms with E-state index in [1.165, 1.54) is 38.5 Å². The van der Waals surface area contributed by atoms with E-state index in [2.05, 4.69) is 20.8 Å². The molecule has 0 aromatic rings. The third-order valence-corrected chi connectivity index (χ3v) is 3.20. The van der Waals surface area contributed by atoms with E-state index in [1.54, 1.807) is 0 Å². The van der Waals surface area contributed by atoms with Crippen molar-refractivity contribution in [3.05, 3.63) is 0 Å². The maximum absolute atomic E-state index is 8.69. The smallest absolute Gasteiger partial charge is 0.0431 e. The minimum atomic E-state index is 0.358. The third-order valence-electron chi connectivity index (χ3n) is 3.20. The first-order chi connectivity index (χ1) is 6.70. The predicted octanol–water partition coefficient (Wildman–Crippen LogP) is 4.00. The summed E-state index contributed by atoms with van der Waals surface area (Å²) in [5.74, 6) is 1.71. The van der Waals surface area contributed by atoms with Gasteiger partial charge in [-0.3, -0.25) is 0 Å². The summed E-state index contributed by atoms with van der Waals surface area (Å²) in [6.45, 7) is 7.28. The molecule has 2 atom stereocenters. The van der Waals surface area contributed by atoms with Gasteiger partial charge in [-0.2, -0.15) is 0 Å². The number of aliphatic hydroxyl groups is 1. The average Bonchev–Trinajstić information content (AvgIpc) is 2.21. The Balaban J connectivity index is 3.18. The molecule has 2 unspecified atom stereocenters. The predicted molar refractivity (Wildman–Crippen MR) is 63.4 cm³/mol. The molecule has 0 aliphatic carbocycles. The topological polar surface area (TPSA) is 20.2 Å². The van der Waals surface area contributed by atoms with Gasteiger partial charge in [-0.05, 0) is 24.7 Å². The molecule has 1 N–H and O–H groups in total. The van der Waals surface area contributed by atoms with Crippen molar-refractivity contribution in [2.45, 2.75) is 65.7 Å². The highest BCUT2D eigenvalue weighted by Gasteiger charge is 2.02. The Bertz CT molecular complexity index is 112. The molecule has 0 aromatic heterocycles. The fraction of sp³-hybridized carbons (Fsp3) is 1.00. The van der Waals surface area contributed by atoms with Crippen LogP contribution in [0.2, 0.25) is 0 Å². The third kappa shape index (κ3) is 8.55. The van der Waals surface area contributed by atoms with Crippen molar-refractivity contribution < 1.29 is 5.11 Å². The number of hydrogen-bond donors (Lipinski definition) is 1. The molecule has 0 heterocycles. The Morgan fingerprint density at radius 3 is 1.86 bits per heavy atom. The molecule has 1 heteroatoms. The zero-order valence-corrected chi connectivity index (χ0v) is 10.3. The van der Waals surface area contributed by atoms with E-state index in [0.29, 0.717) is 6.61 Å². The number of rotatable bonds is 9. The maximum atomic E-state index is 8.69. The molecule has 1 nitrogen and oxygen atoms in total. The summed E-state index contributed by atoms with van der Waals surface area (Å²) in [4.78, 5) is 0. The van der Waals surface area contributed by atoms with Crippen LogP contribution in [0.15, 0.2) is 0 Å². The van der Waals surface area contributed by atoms with E-state index in [0.717, 1.165) is 18.3 Å². The summed E-state index contributed by atoms with van der Waals surface area (Å²) in [5, 5.41) is 8.69. The largest absolute Gasteiger partial charge is 0.396 e. The van der Waals surface area contributed by atoms with Crippen molar-refractivity contribution in [2.75, 3.05) is 6.61 Å². The summed E-state index contributed by atoms with van der Waals surface area (Å²) in [7, 11) is 0. The van der Waals surface area contributed by atoms with E-state index in [-0.39, 0.29) is 0 Å². The van der Waals surface area contributed by atoms with Crippen LogP contribution in [0.1, 0.15) is 65.7 Å². The highest BCUT2D eigenvalue weighted by atomic mass is 16.2. The lowest BCUT2D eigenvalue weighted by molar-refractivity contribution is 0.270. The van der Waals surface area contributed by atoms with E-state index in [1.807, 2.05) is 0 Å². The lowest BCUT2D eigenvalue weighted by Crippen LogP contribution is -1.98. The maximum Gasteiger partial charge on any atom is 0.0431 e. The van der Waals surface area contributed by atoms with Crippen molar-refractivity contribution in [2.24, 2.45) is 11.8 Å². The van der Waals surface area contributed by atoms with Crippen molar-refractivity contribution in [1.29, 1.82) is 0 Å². The minimum absolute atomic E-state index is 0.358. The van der Waals surface area contributed by atoms with E-state index < -0.39 is 0 Å². The van der Waals surface area contributed by atoms with Crippen LogP contribution in [-0.2, 0) is 0 Å². The zero-order chi connectivity index (χ0) is 10.8. The molecule has 0 saturated heterocycles. The number of unbranched alkanes of at least 4 members (excludes halogenated alkanes) is 1. The second kappa shape index (κ2) is 9.51. The number of hydrogen-bond acceptors (Lipinski definition) is 1. The molecule has 0 rings (SSSR count). The van der Waals surface area contributed by atoms with Crippen LogP contribution in [0.3, 0.4) is 0 Å². The highest BCUT2D eigenvalue weighted by molar-refractivity contribution is 4.56. The van der Waals surface area contributed by atoms with Gasteiger partial charge in [0.15, 0.2) is 0 Å². The van der Waals surface area contributed by atoms with Gasteiger partial charge in [-0.1, -0.05) is 52.9 Å². The molecule has 0 saturated carbocycles. The van der Waals surface area contributed by atoms with Crippen molar-refractivity contribution in [3.8, 4) is 0 Å². The van der Waals surface area contributed by atoms with Crippen LogP contribution in [0.4, 0.5) is 0 Å². The molecule has 0 spiro atoms. The molecular formula is C13H28O. The summed E-state index contributed by atoms with van der Waals surface area (Å²) >= 11 is 0. The molecule has 14 heavy (non-hydrogen) atoms. The van der Waals surface area contributed by atoms with Gasteiger partial charge < -0.3 is 5.11 Å². The molecular weight excluding hydrogens is 172 g/mol. The van der Waals surface area contributed by atoms with E-state index in [9.17, 15) is 0 Å². The van der Waals surface area contributed by atoms with E-state index in [4.69, 9.17) is 5.11 Å². The molecule has 0 aromatic carbocycles. The summed E-state index contributed by atoms with van der Waals surface area (Å²) < 4.78 is 0. The zero-order valence-electron chi connectivity index (χ0n) is 10.3. The van der Waals surface area contributed by atoms with Crippen LogP contribution >= 0.6 is 0 Å². The first-order valence-corrected chi connectivity index (χ1v) is 6.31. The van der Waals surface area contributed by atoms with Crippen molar-refractivity contribution in [3.63, 3.8) is 0 Å². The molecule has 0 fully saturated rings. The Morgan fingerprint density at radius 2 is 1.36 bits per heavy atom. The summed E-state index contributed by atoms with van der Waals surface area (Å²) in [5.41, 5.74) is 0. The van der Waals surface area contributed by atoms with Crippen LogP contribution in [0.25, 0.3) is 0 Å². The van der Waals surface area contributed by atoms with Gasteiger partial charge in [-0.25, -0.2) is 0 Å². The highest BCUT2D eigenvalue weighted by Crippen LogP contribution is 2.17. The van der Waals surface area contributed by atoms with Crippen molar-refractivity contribution >= 4 is 0 Å². The number of aliphatic hydroxyl groups excluding tert-OH is 1. The Hall–Kier alpha value is -0.0400. The van der Waals surface area contributed by atoms with Gasteiger partial charge in [-0.15, -0.1) is 0 Å². The molecule has 0 bridgehead atoms. The first kappa shape index (κ1) is 14.0. The second-order valence-corrected chi connectivity index (χ2v) is 4.77. The lowest BCUT2D eigenvalue weighted by atomic mass is 9.95. The lowest BCUT2D eigenvalue weighted by Gasteiger charge is -2.11. The van der Waals surface area contributed by atoms with E-state index >= 15 is 0 Å². The summed E-state index contributed by atoms with van der Waals surface area (Å²) in [6, 6.07) is 0. The van der Waals surface area contributed by atoms with Crippen LogP contribution in [0, 0.1) is 11.8 Å². The first-order valence-electron chi connectivity index (χ1n) is 6.31. The van der Waals surface area contributed by atoms with Crippen LogP contribution in [0.5, 0.6) is 0 Å². The normalized spacial score (nSPS) is 15.4. The Morgan fingerprint density at radius 1 is 0.857 bits per heavy atom. The summed E-state index contributed by atoms with van der Waals surface area (Å²) in [6.07, 6.45) is 8.99. The molecule has 0 radical (unpaired) electrons. The van der Waals surface area contributed by atoms with Gasteiger partial charge in [0.05, 0.1) is 0 Å². The molecule has 0 aliphatic rings. The van der Waals surface area contributed by atoms with Gasteiger partial charge in [0.25, 0.3) is 0 Å². The van der Waals surface area contributed by atoms with Gasteiger partial charge >= 0.3 is 0 Å². The second-order valence-electron chi connectivity index (χ2n) is 4.77. The van der Waals surface area contributed by atoms with Crippen LogP contribution in [-0.4, -0.2) is 11.7 Å². The van der Waals surface area contributed by atoms with Crippen LogP contribution < -0.4 is 0 Å². The molecule has 0 amide bonds. The molecule has 86 valence electrons. The minimum Gasteiger partial charge on any atom is -0.396 e. The molecule has 0 aliphatic heterocycles. The Labute approximate surface area is 89.9 Å².